The minimum Gasteiger partial charge on any atom is -0.326 e. The van der Waals surface area contributed by atoms with Crippen molar-refractivity contribution in [3.8, 4) is 0 Å². The average molecular weight is 343 g/mol. The van der Waals surface area contributed by atoms with Gasteiger partial charge in [0.1, 0.15) is 5.82 Å². The molecule has 0 radical (unpaired) electrons. The van der Waals surface area contributed by atoms with Gasteiger partial charge in [0, 0.05) is 29.9 Å². The molecule has 0 aliphatic carbocycles. The van der Waals surface area contributed by atoms with Gasteiger partial charge in [-0.15, -0.1) is 0 Å². The number of benzene rings is 2. The standard InChI is InChI=1S/C19H22FN3O2/c1-12(17-6-4-5-7-18(17)20)21-13(2)19(25)23-16-10-8-15(9-11-16)22-14(3)24/h4-13,21H,1-3H3,(H,22,24)(H,23,25)/t12-,13+/m0/s1. The van der Waals surface area contributed by atoms with Crippen LogP contribution in [0.15, 0.2) is 48.5 Å². The Morgan fingerprint density at radius 1 is 0.920 bits per heavy atom. The molecule has 2 rings (SSSR count). The molecule has 2 atom stereocenters. The molecule has 2 amide bonds. The van der Waals surface area contributed by atoms with Crippen molar-refractivity contribution in [1.29, 1.82) is 0 Å². The fraction of sp³-hybridized carbons (Fsp3) is 0.263. The largest absolute Gasteiger partial charge is 0.326 e. The summed E-state index contributed by atoms with van der Waals surface area (Å²) >= 11 is 0. The van der Waals surface area contributed by atoms with Crippen LogP contribution in [0.3, 0.4) is 0 Å². The second kappa shape index (κ2) is 8.39. The number of anilines is 2. The number of carbonyl (C=O) groups is 2. The van der Waals surface area contributed by atoms with Crippen molar-refractivity contribution in [2.75, 3.05) is 10.6 Å². The third-order valence-corrected chi connectivity index (χ3v) is 3.74. The molecule has 0 aliphatic heterocycles. The Hall–Kier alpha value is -2.73. The smallest absolute Gasteiger partial charge is 0.241 e. The Morgan fingerprint density at radius 3 is 2.04 bits per heavy atom. The van der Waals surface area contributed by atoms with Gasteiger partial charge in [-0.1, -0.05) is 18.2 Å². The first-order valence-corrected chi connectivity index (χ1v) is 8.06. The van der Waals surface area contributed by atoms with E-state index in [9.17, 15) is 14.0 Å². The maximum Gasteiger partial charge on any atom is 0.241 e. The van der Waals surface area contributed by atoms with Gasteiger partial charge >= 0.3 is 0 Å². The van der Waals surface area contributed by atoms with Crippen LogP contribution in [0.25, 0.3) is 0 Å². The molecule has 2 aromatic carbocycles. The molecule has 5 nitrogen and oxygen atoms in total. The van der Waals surface area contributed by atoms with E-state index >= 15 is 0 Å². The van der Waals surface area contributed by atoms with E-state index in [2.05, 4.69) is 16.0 Å². The zero-order valence-corrected chi connectivity index (χ0v) is 14.5. The van der Waals surface area contributed by atoms with E-state index in [1.807, 2.05) is 6.92 Å². The van der Waals surface area contributed by atoms with Gasteiger partial charge in [-0.25, -0.2) is 4.39 Å². The van der Waals surface area contributed by atoms with E-state index in [0.29, 0.717) is 16.9 Å². The van der Waals surface area contributed by atoms with Crippen LogP contribution in [0.2, 0.25) is 0 Å². The zero-order valence-electron chi connectivity index (χ0n) is 14.5. The molecule has 25 heavy (non-hydrogen) atoms. The van der Waals surface area contributed by atoms with Gasteiger partial charge in [-0.3, -0.25) is 14.9 Å². The lowest BCUT2D eigenvalue weighted by molar-refractivity contribution is -0.118. The van der Waals surface area contributed by atoms with Crippen molar-refractivity contribution in [1.82, 2.24) is 5.32 Å². The maximum absolute atomic E-state index is 13.8. The molecule has 0 aliphatic rings. The van der Waals surface area contributed by atoms with E-state index in [1.165, 1.54) is 13.0 Å². The molecule has 0 aromatic heterocycles. The Labute approximate surface area is 146 Å². The third kappa shape index (κ3) is 5.39. The highest BCUT2D eigenvalue weighted by atomic mass is 19.1. The molecule has 0 heterocycles. The second-order valence-corrected chi connectivity index (χ2v) is 5.88. The summed E-state index contributed by atoms with van der Waals surface area (Å²) in [6.07, 6.45) is 0. The third-order valence-electron chi connectivity index (χ3n) is 3.74. The number of hydrogen-bond donors (Lipinski definition) is 3. The van der Waals surface area contributed by atoms with Gasteiger partial charge in [0.05, 0.1) is 6.04 Å². The van der Waals surface area contributed by atoms with Crippen LogP contribution in [0.1, 0.15) is 32.4 Å². The summed E-state index contributed by atoms with van der Waals surface area (Å²) in [5.41, 5.74) is 1.79. The first kappa shape index (κ1) is 18.6. The van der Waals surface area contributed by atoms with Crippen molar-refractivity contribution in [2.45, 2.75) is 32.9 Å². The van der Waals surface area contributed by atoms with Gasteiger partial charge in [-0.2, -0.15) is 0 Å². The van der Waals surface area contributed by atoms with Crippen LogP contribution in [0.5, 0.6) is 0 Å². The first-order valence-electron chi connectivity index (χ1n) is 8.06. The van der Waals surface area contributed by atoms with E-state index in [0.717, 1.165) is 0 Å². The first-order chi connectivity index (χ1) is 11.9. The van der Waals surface area contributed by atoms with Gasteiger partial charge in [-0.05, 0) is 44.2 Å². The van der Waals surface area contributed by atoms with E-state index < -0.39 is 6.04 Å². The molecular formula is C19H22FN3O2. The summed E-state index contributed by atoms with van der Waals surface area (Å²) in [6.45, 7) is 4.96. The Morgan fingerprint density at radius 2 is 1.48 bits per heavy atom. The van der Waals surface area contributed by atoms with Crippen molar-refractivity contribution in [2.24, 2.45) is 0 Å². The number of nitrogens with one attached hydrogen (secondary N) is 3. The fourth-order valence-electron chi connectivity index (χ4n) is 2.46. The van der Waals surface area contributed by atoms with E-state index in [1.54, 1.807) is 49.4 Å². The van der Waals surface area contributed by atoms with Crippen molar-refractivity contribution < 1.29 is 14.0 Å². The zero-order chi connectivity index (χ0) is 18.4. The van der Waals surface area contributed by atoms with Crippen LogP contribution >= 0.6 is 0 Å². The molecule has 0 saturated heterocycles. The van der Waals surface area contributed by atoms with Crippen molar-refractivity contribution in [3.05, 3.63) is 59.9 Å². The maximum atomic E-state index is 13.8. The summed E-state index contributed by atoms with van der Waals surface area (Å²) in [7, 11) is 0. The predicted octanol–water partition coefficient (Wildman–Crippen LogP) is 3.46. The van der Waals surface area contributed by atoms with Gasteiger partial charge in [0.2, 0.25) is 11.8 Å². The van der Waals surface area contributed by atoms with Crippen LogP contribution in [-0.2, 0) is 9.59 Å². The normalized spacial score (nSPS) is 13.0. The number of rotatable bonds is 6. The van der Waals surface area contributed by atoms with Crippen LogP contribution in [0.4, 0.5) is 15.8 Å². The molecular weight excluding hydrogens is 321 g/mol. The average Bonchev–Trinajstić information content (AvgIpc) is 2.56. The molecule has 0 unspecified atom stereocenters. The Balaban J connectivity index is 1.93. The number of halogens is 1. The summed E-state index contributed by atoms with van der Waals surface area (Å²) in [5.74, 6) is -0.684. The fourth-order valence-corrected chi connectivity index (χ4v) is 2.46. The summed E-state index contributed by atoms with van der Waals surface area (Å²) < 4.78 is 13.8. The van der Waals surface area contributed by atoms with E-state index in [4.69, 9.17) is 0 Å². The number of carbonyl (C=O) groups excluding carboxylic acids is 2. The van der Waals surface area contributed by atoms with Crippen LogP contribution in [-0.4, -0.2) is 17.9 Å². The van der Waals surface area contributed by atoms with E-state index in [-0.39, 0.29) is 23.7 Å². The van der Waals surface area contributed by atoms with Crippen LogP contribution in [0, 0.1) is 5.82 Å². The molecule has 3 N–H and O–H groups in total. The molecule has 0 bridgehead atoms. The molecule has 132 valence electrons. The number of hydrogen-bond acceptors (Lipinski definition) is 3. The lowest BCUT2D eigenvalue weighted by atomic mass is 10.1. The molecule has 0 saturated carbocycles. The predicted molar refractivity (Wildman–Crippen MR) is 96.8 cm³/mol. The van der Waals surface area contributed by atoms with Gasteiger partial charge in [0.15, 0.2) is 0 Å². The lowest BCUT2D eigenvalue weighted by Gasteiger charge is -2.20. The van der Waals surface area contributed by atoms with Crippen molar-refractivity contribution in [3.63, 3.8) is 0 Å². The summed E-state index contributed by atoms with van der Waals surface area (Å²) in [6, 6.07) is 12.5. The van der Waals surface area contributed by atoms with Crippen molar-refractivity contribution >= 4 is 23.2 Å². The molecule has 0 fully saturated rings. The SMILES string of the molecule is CC(=O)Nc1ccc(NC(=O)[C@@H](C)N[C@@H](C)c2ccccc2F)cc1. The Bertz CT molecular complexity index is 747. The quantitative estimate of drug-likeness (QED) is 0.752. The minimum atomic E-state index is -0.510. The van der Waals surface area contributed by atoms with Gasteiger partial charge in [0.25, 0.3) is 0 Å². The minimum absolute atomic E-state index is 0.156. The summed E-state index contributed by atoms with van der Waals surface area (Å²) in [5, 5.41) is 8.53. The molecule has 6 heteroatoms. The number of amides is 2. The highest BCUT2D eigenvalue weighted by molar-refractivity contribution is 5.95. The highest BCUT2D eigenvalue weighted by Gasteiger charge is 2.18. The highest BCUT2D eigenvalue weighted by Crippen LogP contribution is 2.17. The molecule has 0 spiro atoms. The monoisotopic (exact) mass is 343 g/mol. The van der Waals surface area contributed by atoms with Gasteiger partial charge < -0.3 is 10.6 Å². The summed E-state index contributed by atoms with van der Waals surface area (Å²) in [4.78, 5) is 23.3. The lowest BCUT2D eigenvalue weighted by Crippen LogP contribution is -2.39. The topological polar surface area (TPSA) is 70.2 Å². The molecule has 2 aromatic rings. The Kier molecular flexibility index (Phi) is 6.25. The second-order valence-electron chi connectivity index (χ2n) is 5.88. The van der Waals surface area contributed by atoms with Crippen LogP contribution < -0.4 is 16.0 Å².